The summed E-state index contributed by atoms with van der Waals surface area (Å²) in [6.07, 6.45) is 4.16. The Morgan fingerprint density at radius 2 is 2.07 bits per heavy atom. The molecule has 0 radical (unpaired) electrons. The third-order valence-electron chi connectivity index (χ3n) is 5.13. The van der Waals surface area contributed by atoms with Gasteiger partial charge in [0.25, 0.3) is 0 Å². The van der Waals surface area contributed by atoms with E-state index in [9.17, 15) is 5.11 Å². The second-order valence-corrected chi connectivity index (χ2v) is 9.77. The molecule has 0 saturated heterocycles. The van der Waals surface area contributed by atoms with Crippen molar-refractivity contribution in [3.05, 3.63) is 45.2 Å². The molecule has 0 saturated carbocycles. The van der Waals surface area contributed by atoms with Crippen molar-refractivity contribution in [2.75, 3.05) is 31.4 Å². The quantitative estimate of drug-likeness (QED) is 0.455. The number of aliphatic hydroxyl groups excluding tert-OH is 1. The molecule has 0 amide bonds. The zero-order valence-electron chi connectivity index (χ0n) is 16.4. The van der Waals surface area contributed by atoms with E-state index in [2.05, 4.69) is 54.4 Å². The van der Waals surface area contributed by atoms with Gasteiger partial charge in [0.05, 0.1) is 12.1 Å². The molecule has 1 aliphatic rings. The van der Waals surface area contributed by atoms with Gasteiger partial charge in [0.15, 0.2) is 0 Å². The molecule has 1 aliphatic carbocycles. The van der Waals surface area contributed by atoms with Gasteiger partial charge < -0.3 is 15.3 Å². The number of nitrogens with zero attached hydrogens (tertiary/aromatic N) is 1. The number of benzene rings is 1. The Morgan fingerprint density at radius 1 is 1.32 bits per heavy atom. The van der Waals surface area contributed by atoms with E-state index in [1.54, 1.807) is 23.1 Å². The van der Waals surface area contributed by atoms with E-state index in [-0.39, 0.29) is 12.0 Å². The van der Waals surface area contributed by atoms with E-state index in [0.29, 0.717) is 11.5 Å². The molecule has 7 heteroatoms. The van der Waals surface area contributed by atoms with Crippen molar-refractivity contribution in [1.29, 1.82) is 0 Å². The van der Waals surface area contributed by atoms with Crippen LogP contribution in [0.5, 0.6) is 0 Å². The molecule has 3 rings (SSSR count). The highest BCUT2D eigenvalue weighted by Gasteiger charge is 2.37. The van der Waals surface area contributed by atoms with E-state index < -0.39 is 0 Å². The molecule has 1 heterocycles. The highest BCUT2D eigenvalue weighted by atomic mass is 32.2. The van der Waals surface area contributed by atoms with E-state index >= 15 is 0 Å². The zero-order chi connectivity index (χ0) is 20.5. The summed E-state index contributed by atoms with van der Waals surface area (Å²) < 4.78 is 0. The van der Waals surface area contributed by atoms with Crippen molar-refractivity contribution in [2.24, 2.45) is 0 Å². The lowest BCUT2D eigenvalue weighted by Crippen LogP contribution is -2.22. The van der Waals surface area contributed by atoms with Crippen LogP contribution >= 0.6 is 47.5 Å². The molecule has 0 bridgehead atoms. The van der Waals surface area contributed by atoms with Crippen LogP contribution in [0.3, 0.4) is 0 Å². The van der Waals surface area contributed by atoms with Gasteiger partial charge in [-0.3, -0.25) is 0 Å². The number of rotatable bonds is 7. The van der Waals surface area contributed by atoms with Crippen molar-refractivity contribution >= 4 is 69.8 Å². The predicted octanol–water partition coefficient (Wildman–Crippen LogP) is 5.06. The number of aliphatic hydroxyl groups is 1. The van der Waals surface area contributed by atoms with E-state index in [1.807, 2.05) is 13.3 Å². The largest absolute Gasteiger partial charge is 0.395 e. The van der Waals surface area contributed by atoms with E-state index in [1.165, 1.54) is 31.9 Å². The van der Waals surface area contributed by atoms with Crippen LogP contribution < -0.4 is 10.2 Å². The second-order valence-electron chi connectivity index (χ2n) is 7.20. The fourth-order valence-electron chi connectivity index (χ4n) is 3.53. The average molecular weight is 449 g/mol. The average Bonchev–Trinajstić information content (AvgIpc) is 3.17. The molecule has 3 nitrogen and oxygen atoms in total. The Balaban J connectivity index is 2.01. The Bertz CT molecular complexity index is 946. The molecule has 0 aliphatic heterocycles. The molecule has 1 aromatic heterocycles. The molecule has 0 atom stereocenters. The van der Waals surface area contributed by atoms with Crippen molar-refractivity contribution < 1.29 is 5.11 Å². The minimum atomic E-state index is -0.0595. The van der Waals surface area contributed by atoms with Gasteiger partial charge >= 0.3 is 0 Å². The van der Waals surface area contributed by atoms with Crippen LogP contribution in [0.1, 0.15) is 29.9 Å². The van der Waals surface area contributed by atoms with Crippen LogP contribution in [0.2, 0.25) is 0 Å². The first-order valence-corrected chi connectivity index (χ1v) is 11.9. The molecule has 148 valence electrons. The van der Waals surface area contributed by atoms with Crippen LogP contribution in [0.25, 0.3) is 16.5 Å². The fraction of sp³-hybridized carbons (Fsp3) is 0.333. The number of fused-ring (bicyclic) bond motifs is 3. The van der Waals surface area contributed by atoms with Crippen molar-refractivity contribution in [3.8, 4) is 10.4 Å². The van der Waals surface area contributed by atoms with E-state index in [4.69, 9.17) is 24.4 Å². The summed E-state index contributed by atoms with van der Waals surface area (Å²) in [6.45, 7) is 5.34. The first kappa shape index (κ1) is 21.5. The fourth-order valence-corrected chi connectivity index (χ4v) is 5.95. The number of nitrogens with one attached hydrogen (secondary N) is 1. The number of thioether (sulfide) groups is 1. The normalized spacial score (nSPS) is 14.4. The Hall–Kier alpha value is -1.25. The molecule has 2 N–H and O–H groups in total. The summed E-state index contributed by atoms with van der Waals surface area (Å²) in [5.41, 5.74) is 6.53. The van der Waals surface area contributed by atoms with Gasteiger partial charge in [-0.1, -0.05) is 44.3 Å². The number of thiocarbonyl (C=S) groups is 2. The lowest BCUT2D eigenvalue weighted by atomic mass is 9.82. The maximum atomic E-state index is 9.23. The van der Waals surface area contributed by atoms with Gasteiger partial charge in [-0.05, 0) is 47.2 Å². The number of thiophene rings is 1. The summed E-state index contributed by atoms with van der Waals surface area (Å²) in [5, 5.41) is 12.2. The van der Waals surface area contributed by atoms with Gasteiger partial charge in [0.1, 0.15) is 4.99 Å². The summed E-state index contributed by atoms with van der Waals surface area (Å²) in [4.78, 5) is 6.29. The third-order valence-corrected chi connectivity index (χ3v) is 7.59. The number of hydrogen-bond donors (Lipinski definition) is 2. The van der Waals surface area contributed by atoms with E-state index in [0.717, 1.165) is 10.6 Å². The smallest absolute Gasteiger partial charge is 0.117 e. The van der Waals surface area contributed by atoms with Crippen molar-refractivity contribution in [2.45, 2.75) is 19.3 Å². The van der Waals surface area contributed by atoms with Gasteiger partial charge in [-0.2, -0.15) is 0 Å². The van der Waals surface area contributed by atoms with Crippen LogP contribution in [0.4, 0.5) is 5.69 Å². The molecule has 0 unspecified atom stereocenters. The van der Waals surface area contributed by atoms with Crippen LogP contribution in [0, 0.1) is 0 Å². The lowest BCUT2D eigenvalue weighted by Gasteiger charge is -2.24. The first-order chi connectivity index (χ1) is 13.3. The van der Waals surface area contributed by atoms with Gasteiger partial charge in [-0.15, -0.1) is 23.1 Å². The number of hydrogen-bond acceptors (Lipinski definition) is 6. The SMILES string of the molecule is CS/C(=C\c1cc2c(s1)-c1ccc(N(C)CCO)cc1C2(C)C)C(=S)NC=S. The molecular weight excluding hydrogens is 425 g/mol. The minimum Gasteiger partial charge on any atom is -0.395 e. The minimum absolute atomic E-state index is 0.0595. The highest BCUT2D eigenvalue weighted by Crippen LogP contribution is 2.53. The summed E-state index contributed by atoms with van der Waals surface area (Å²) in [7, 11) is 2.01. The molecule has 0 spiro atoms. The standard InChI is InChI=1S/C21H24N2OS4/c1-21(2)16-9-13(23(3)7-8-24)5-6-15(16)19-17(21)10-14(28-19)11-18(27-4)20(26)22-12-25/h5-6,9-12,24H,7-8H2,1-4H3,(H,22,25,26)/b18-11-. The Labute approximate surface area is 185 Å². The molecule has 28 heavy (non-hydrogen) atoms. The zero-order valence-corrected chi connectivity index (χ0v) is 19.7. The topological polar surface area (TPSA) is 35.5 Å². The Kier molecular flexibility index (Phi) is 6.61. The van der Waals surface area contributed by atoms with Crippen molar-refractivity contribution in [1.82, 2.24) is 5.32 Å². The maximum Gasteiger partial charge on any atom is 0.117 e. The summed E-state index contributed by atoms with van der Waals surface area (Å²) in [5.74, 6) is 0. The molecule has 1 aromatic carbocycles. The monoisotopic (exact) mass is 448 g/mol. The second kappa shape index (κ2) is 8.63. The molecular formula is C21H24N2OS4. The Morgan fingerprint density at radius 3 is 2.71 bits per heavy atom. The highest BCUT2D eigenvalue weighted by molar-refractivity contribution is 8.04. The number of anilines is 1. The van der Waals surface area contributed by atoms with Crippen molar-refractivity contribution in [3.63, 3.8) is 0 Å². The van der Waals surface area contributed by atoms with Gasteiger partial charge in [0, 0.05) is 39.4 Å². The molecule has 2 aromatic rings. The summed E-state index contributed by atoms with van der Waals surface area (Å²) in [6, 6.07) is 8.90. The lowest BCUT2D eigenvalue weighted by molar-refractivity contribution is 0.304. The maximum absolute atomic E-state index is 9.23. The predicted molar refractivity (Wildman–Crippen MR) is 133 cm³/mol. The molecule has 0 fully saturated rings. The summed E-state index contributed by atoms with van der Waals surface area (Å²) >= 11 is 13.7. The van der Waals surface area contributed by atoms with Gasteiger partial charge in [-0.25, -0.2) is 0 Å². The van der Waals surface area contributed by atoms with Crippen LogP contribution in [-0.4, -0.2) is 42.0 Å². The van der Waals surface area contributed by atoms with Crippen LogP contribution in [0.15, 0.2) is 29.2 Å². The number of likely N-dealkylation sites (N-methyl/N-ethyl adjacent to an activating group) is 1. The third kappa shape index (κ3) is 3.91. The van der Waals surface area contributed by atoms with Gasteiger partial charge in [0.2, 0.25) is 0 Å². The van der Waals surface area contributed by atoms with Crippen LogP contribution in [-0.2, 0) is 5.41 Å². The first-order valence-electron chi connectivity index (χ1n) is 8.95.